The number of aryl methyl sites for hydroxylation is 1. The minimum absolute atomic E-state index is 0.481. The Kier molecular flexibility index (Phi) is 3.72. The molecule has 2 rings (SSSR count). The molecule has 0 spiro atoms. The van der Waals surface area contributed by atoms with Crippen LogP contribution in [-0.2, 0) is 13.5 Å². The maximum absolute atomic E-state index is 10.1. The number of aromatic nitrogens is 2. The van der Waals surface area contributed by atoms with Crippen molar-refractivity contribution in [3.05, 3.63) is 51.8 Å². The normalized spacial score (nSPS) is 12.7. The van der Waals surface area contributed by atoms with E-state index in [9.17, 15) is 5.11 Å². The van der Waals surface area contributed by atoms with Crippen LogP contribution in [0.3, 0.4) is 0 Å². The highest BCUT2D eigenvalue weighted by Crippen LogP contribution is 2.25. The summed E-state index contributed by atoms with van der Waals surface area (Å²) in [5, 5.41) is 15.3. The van der Waals surface area contributed by atoms with E-state index in [4.69, 9.17) is 23.2 Å². The summed E-state index contributed by atoms with van der Waals surface area (Å²) in [4.78, 5) is 0. The topological polar surface area (TPSA) is 38.0 Å². The molecular formula is C12H12Cl2N2O. The van der Waals surface area contributed by atoms with Gasteiger partial charge in [0.25, 0.3) is 0 Å². The van der Waals surface area contributed by atoms with Crippen LogP contribution in [0.1, 0.15) is 17.4 Å². The van der Waals surface area contributed by atoms with Gasteiger partial charge >= 0.3 is 0 Å². The average Bonchev–Trinajstić information content (AvgIpc) is 2.62. The second-order valence-electron chi connectivity index (χ2n) is 3.85. The van der Waals surface area contributed by atoms with Crippen LogP contribution in [0.15, 0.2) is 30.5 Å². The number of aliphatic hydroxyl groups excluding tert-OH is 1. The molecule has 90 valence electrons. The SMILES string of the molecule is Cn1ncc(Cl)c1C(O)Cc1ccc(Cl)cc1. The Hall–Kier alpha value is -1.03. The van der Waals surface area contributed by atoms with E-state index in [-0.39, 0.29) is 0 Å². The third kappa shape index (κ3) is 2.80. The summed E-state index contributed by atoms with van der Waals surface area (Å²) in [6.07, 6.45) is 1.34. The van der Waals surface area contributed by atoms with E-state index < -0.39 is 6.10 Å². The van der Waals surface area contributed by atoms with E-state index in [0.717, 1.165) is 5.56 Å². The Morgan fingerprint density at radius 1 is 1.29 bits per heavy atom. The van der Waals surface area contributed by atoms with Crippen molar-refractivity contribution in [2.45, 2.75) is 12.5 Å². The van der Waals surface area contributed by atoms with Gasteiger partial charge in [-0.3, -0.25) is 4.68 Å². The summed E-state index contributed by atoms with van der Waals surface area (Å²) in [5.41, 5.74) is 1.63. The smallest absolute Gasteiger partial charge is 0.101 e. The number of rotatable bonds is 3. The molecule has 3 nitrogen and oxygen atoms in total. The quantitative estimate of drug-likeness (QED) is 0.931. The number of hydrogen-bond donors (Lipinski definition) is 1. The lowest BCUT2D eigenvalue weighted by Gasteiger charge is -2.11. The minimum Gasteiger partial charge on any atom is -0.386 e. The fraction of sp³-hybridized carbons (Fsp3) is 0.250. The molecular weight excluding hydrogens is 259 g/mol. The second kappa shape index (κ2) is 5.08. The number of hydrogen-bond acceptors (Lipinski definition) is 2. The molecule has 0 radical (unpaired) electrons. The van der Waals surface area contributed by atoms with E-state index in [1.807, 2.05) is 12.1 Å². The van der Waals surface area contributed by atoms with Crippen molar-refractivity contribution in [3.63, 3.8) is 0 Å². The second-order valence-corrected chi connectivity index (χ2v) is 4.69. The predicted octanol–water partition coefficient (Wildman–Crippen LogP) is 3.00. The van der Waals surface area contributed by atoms with Crippen LogP contribution in [0.4, 0.5) is 0 Å². The zero-order valence-electron chi connectivity index (χ0n) is 9.27. The first-order chi connectivity index (χ1) is 8.08. The van der Waals surface area contributed by atoms with Gasteiger partial charge in [-0.1, -0.05) is 35.3 Å². The summed E-state index contributed by atoms with van der Waals surface area (Å²) in [6, 6.07) is 7.37. The van der Waals surface area contributed by atoms with Gasteiger partial charge in [0, 0.05) is 18.5 Å². The lowest BCUT2D eigenvalue weighted by molar-refractivity contribution is 0.168. The highest BCUT2D eigenvalue weighted by atomic mass is 35.5. The number of aliphatic hydroxyl groups is 1. The molecule has 5 heteroatoms. The molecule has 17 heavy (non-hydrogen) atoms. The Balaban J connectivity index is 2.17. The van der Waals surface area contributed by atoms with Gasteiger partial charge in [0.2, 0.25) is 0 Å². The van der Waals surface area contributed by atoms with Crippen molar-refractivity contribution in [1.82, 2.24) is 9.78 Å². The molecule has 0 saturated heterocycles. The first-order valence-electron chi connectivity index (χ1n) is 5.18. The molecule has 0 aliphatic carbocycles. The Morgan fingerprint density at radius 3 is 2.47 bits per heavy atom. The molecule has 0 aliphatic heterocycles. The first-order valence-corrected chi connectivity index (χ1v) is 5.93. The lowest BCUT2D eigenvalue weighted by atomic mass is 10.1. The molecule has 0 aliphatic rings. The molecule has 0 bridgehead atoms. The van der Waals surface area contributed by atoms with E-state index in [0.29, 0.717) is 22.2 Å². The lowest BCUT2D eigenvalue weighted by Crippen LogP contribution is -2.08. The fourth-order valence-corrected chi connectivity index (χ4v) is 2.15. The standard InChI is InChI=1S/C12H12Cl2N2O/c1-16-12(10(14)7-15-16)11(17)6-8-2-4-9(13)5-3-8/h2-5,7,11,17H,6H2,1H3. The monoisotopic (exact) mass is 270 g/mol. The van der Waals surface area contributed by atoms with Gasteiger partial charge in [0.05, 0.1) is 16.9 Å². The Morgan fingerprint density at radius 2 is 1.94 bits per heavy atom. The number of benzene rings is 1. The first kappa shape index (κ1) is 12.4. The summed E-state index contributed by atoms with van der Waals surface area (Å²) in [5.74, 6) is 0. The largest absolute Gasteiger partial charge is 0.386 e. The van der Waals surface area contributed by atoms with Crippen LogP contribution in [0.2, 0.25) is 10.0 Å². The third-order valence-corrected chi connectivity index (χ3v) is 3.14. The van der Waals surface area contributed by atoms with E-state index in [1.165, 1.54) is 6.20 Å². The molecule has 0 fully saturated rings. The summed E-state index contributed by atoms with van der Waals surface area (Å²) >= 11 is 11.8. The average molecular weight is 271 g/mol. The van der Waals surface area contributed by atoms with Crippen LogP contribution in [0.25, 0.3) is 0 Å². The van der Waals surface area contributed by atoms with Crippen LogP contribution >= 0.6 is 23.2 Å². The van der Waals surface area contributed by atoms with Crippen molar-refractivity contribution in [2.24, 2.45) is 7.05 Å². The maximum atomic E-state index is 10.1. The number of nitrogens with zero attached hydrogens (tertiary/aromatic N) is 2. The van der Waals surface area contributed by atoms with Gasteiger partial charge in [-0.2, -0.15) is 5.10 Å². The van der Waals surface area contributed by atoms with Crippen LogP contribution in [-0.4, -0.2) is 14.9 Å². The van der Waals surface area contributed by atoms with Gasteiger partial charge in [-0.25, -0.2) is 0 Å². The molecule has 1 unspecified atom stereocenters. The third-order valence-electron chi connectivity index (χ3n) is 2.60. The van der Waals surface area contributed by atoms with Crippen LogP contribution in [0, 0.1) is 0 Å². The highest BCUT2D eigenvalue weighted by molar-refractivity contribution is 6.31. The van der Waals surface area contributed by atoms with Gasteiger partial charge in [-0.15, -0.1) is 0 Å². The molecule has 1 aromatic carbocycles. The summed E-state index contributed by atoms with van der Waals surface area (Å²) in [7, 11) is 1.76. The molecule has 1 atom stereocenters. The van der Waals surface area contributed by atoms with E-state index in [1.54, 1.807) is 23.9 Å². The van der Waals surface area contributed by atoms with Gasteiger partial charge in [0.1, 0.15) is 6.10 Å². The van der Waals surface area contributed by atoms with Gasteiger partial charge in [0.15, 0.2) is 0 Å². The van der Waals surface area contributed by atoms with Gasteiger partial charge in [-0.05, 0) is 17.7 Å². The highest BCUT2D eigenvalue weighted by Gasteiger charge is 2.16. The summed E-state index contributed by atoms with van der Waals surface area (Å²) in [6.45, 7) is 0. The van der Waals surface area contributed by atoms with Crippen molar-refractivity contribution in [1.29, 1.82) is 0 Å². The molecule has 1 aromatic heterocycles. The van der Waals surface area contributed by atoms with E-state index in [2.05, 4.69) is 5.10 Å². The van der Waals surface area contributed by atoms with Gasteiger partial charge < -0.3 is 5.11 Å². The zero-order chi connectivity index (χ0) is 12.4. The van der Waals surface area contributed by atoms with E-state index >= 15 is 0 Å². The zero-order valence-corrected chi connectivity index (χ0v) is 10.8. The molecule has 0 amide bonds. The summed E-state index contributed by atoms with van der Waals surface area (Å²) < 4.78 is 1.59. The number of halogens is 2. The van der Waals surface area contributed by atoms with Crippen molar-refractivity contribution >= 4 is 23.2 Å². The van der Waals surface area contributed by atoms with Crippen molar-refractivity contribution in [2.75, 3.05) is 0 Å². The molecule has 1 heterocycles. The Bertz CT molecular complexity index is 488. The minimum atomic E-state index is -0.670. The molecule has 2 aromatic rings. The van der Waals surface area contributed by atoms with Crippen LogP contribution in [0.5, 0.6) is 0 Å². The Labute approximate surface area is 110 Å². The molecule has 1 N–H and O–H groups in total. The van der Waals surface area contributed by atoms with Crippen molar-refractivity contribution in [3.8, 4) is 0 Å². The fourth-order valence-electron chi connectivity index (χ4n) is 1.74. The van der Waals surface area contributed by atoms with Crippen LogP contribution < -0.4 is 0 Å². The predicted molar refractivity (Wildman–Crippen MR) is 68.3 cm³/mol. The van der Waals surface area contributed by atoms with Crippen molar-refractivity contribution < 1.29 is 5.11 Å². The molecule has 0 saturated carbocycles. The maximum Gasteiger partial charge on any atom is 0.101 e.